The van der Waals surface area contributed by atoms with Crippen LogP contribution in [0.1, 0.15) is 36.6 Å². The fraction of sp³-hybridized carbons (Fsp3) is 0.474. The van der Waals surface area contributed by atoms with Crippen LogP contribution in [0.5, 0.6) is 5.75 Å². The molecule has 1 saturated heterocycles. The van der Waals surface area contributed by atoms with Crippen LogP contribution in [0, 0.1) is 25.5 Å². The zero-order valence-electron chi connectivity index (χ0n) is 15.5. The lowest BCUT2D eigenvalue weighted by Gasteiger charge is -2.26. The zero-order chi connectivity index (χ0) is 19.3. The van der Waals surface area contributed by atoms with Gasteiger partial charge >= 0.3 is 12.1 Å². The third-order valence-corrected chi connectivity index (χ3v) is 4.47. The highest BCUT2D eigenvalue weighted by Crippen LogP contribution is 2.32. The van der Waals surface area contributed by atoms with Gasteiger partial charge < -0.3 is 19.3 Å². The van der Waals surface area contributed by atoms with E-state index in [0.29, 0.717) is 24.5 Å². The molecule has 138 valence electrons. The topological polar surface area (TPSA) is 66.6 Å². The molecule has 1 aromatic carbocycles. The molecule has 0 spiro atoms. The molecule has 0 bridgehead atoms. The minimum absolute atomic E-state index is 0.0180. The Kier molecular flexibility index (Phi) is 6.32. The Labute approximate surface area is 153 Å². The van der Waals surface area contributed by atoms with Crippen LogP contribution in [0.25, 0.3) is 5.01 Å². The molecule has 1 aliphatic rings. The van der Waals surface area contributed by atoms with E-state index in [4.69, 9.17) is 21.1 Å². The average molecular weight is 358 g/mol. The standard InChI is InChI=1S/C19H23N3O4/c1-6-25-17-10-16(11-20-24)9-13(2)18(17)15(4)26-12-14(3)22-8-7-21(5)19(22)23/h1,9-10,14-15H,7-8,12H2,2-5H3/p+1/t14-,15+/m1/s1. The van der Waals surface area contributed by atoms with Gasteiger partial charge in [0.25, 0.3) is 0 Å². The van der Waals surface area contributed by atoms with Crippen molar-refractivity contribution in [2.45, 2.75) is 32.9 Å². The van der Waals surface area contributed by atoms with Gasteiger partial charge in [0, 0.05) is 31.8 Å². The minimum atomic E-state index is -0.295. The second-order valence-corrected chi connectivity index (χ2v) is 6.36. The number of carbonyl (C=O) groups is 1. The fourth-order valence-corrected chi connectivity index (χ4v) is 3.09. The maximum atomic E-state index is 12.1. The van der Waals surface area contributed by atoms with Gasteiger partial charge in [-0.3, -0.25) is 0 Å². The number of terminal acetylenes is 1. The Hall–Kier alpha value is -2.90. The minimum Gasteiger partial charge on any atom is -0.407 e. The largest absolute Gasteiger partial charge is 0.407 e. The summed E-state index contributed by atoms with van der Waals surface area (Å²) in [6, 6.07) is 5.88. The summed E-state index contributed by atoms with van der Waals surface area (Å²) in [4.78, 5) is 15.6. The highest BCUT2D eigenvalue weighted by atomic mass is 16.5. The van der Waals surface area contributed by atoms with Gasteiger partial charge in [0.15, 0.2) is 0 Å². The monoisotopic (exact) mass is 358 g/mol. The van der Waals surface area contributed by atoms with Crippen molar-refractivity contribution in [1.29, 1.82) is 0 Å². The first-order chi connectivity index (χ1) is 12.4. The number of nitrogens with zero attached hydrogens (tertiary/aromatic N) is 3. The molecule has 2 rings (SSSR count). The van der Waals surface area contributed by atoms with E-state index in [2.05, 4.69) is 17.2 Å². The Morgan fingerprint density at radius 2 is 2.12 bits per heavy atom. The molecular weight excluding hydrogens is 334 g/mol. The van der Waals surface area contributed by atoms with E-state index in [1.54, 1.807) is 29.0 Å². The van der Waals surface area contributed by atoms with Crippen LogP contribution < -0.4 is 4.74 Å². The van der Waals surface area contributed by atoms with E-state index in [1.165, 1.54) is 0 Å². The van der Waals surface area contributed by atoms with Crippen molar-refractivity contribution < 1.29 is 19.5 Å². The number of urea groups is 1. The molecule has 0 saturated carbocycles. The maximum absolute atomic E-state index is 12.1. The molecule has 1 aliphatic heterocycles. The first-order valence-corrected chi connectivity index (χ1v) is 8.39. The van der Waals surface area contributed by atoms with Gasteiger partial charge in [0.1, 0.15) is 17.4 Å². The van der Waals surface area contributed by atoms with Crippen LogP contribution in [0.3, 0.4) is 0 Å². The number of rotatable bonds is 6. The summed E-state index contributed by atoms with van der Waals surface area (Å²) in [6.45, 7) is 7.57. The van der Waals surface area contributed by atoms with Crippen molar-refractivity contribution in [2.75, 3.05) is 26.7 Å². The molecule has 7 nitrogen and oxygen atoms in total. The number of carbonyl (C=O) groups excluding carboxylic acids is 1. The molecule has 26 heavy (non-hydrogen) atoms. The van der Waals surface area contributed by atoms with Gasteiger partial charge in [0.05, 0.1) is 18.8 Å². The first-order valence-electron chi connectivity index (χ1n) is 8.39. The van der Waals surface area contributed by atoms with Gasteiger partial charge in [0.2, 0.25) is 5.01 Å². The molecule has 1 N–H and O–H groups in total. The highest BCUT2D eigenvalue weighted by Gasteiger charge is 2.30. The third kappa shape index (κ3) is 4.19. The van der Waals surface area contributed by atoms with Crippen LogP contribution in [0.2, 0.25) is 0 Å². The molecule has 0 aliphatic carbocycles. The fourth-order valence-electron chi connectivity index (χ4n) is 3.09. The van der Waals surface area contributed by atoms with Crippen LogP contribution >= 0.6 is 0 Å². The lowest BCUT2D eigenvalue weighted by atomic mass is 10.00. The highest BCUT2D eigenvalue weighted by molar-refractivity contribution is 5.76. The number of ether oxygens (including phenoxy) is 2. The predicted molar refractivity (Wildman–Crippen MR) is 97.3 cm³/mol. The van der Waals surface area contributed by atoms with Crippen molar-refractivity contribution in [2.24, 2.45) is 0 Å². The number of hydrogen-bond donors (Lipinski definition) is 1. The first kappa shape index (κ1) is 19.4. The maximum Gasteiger partial charge on any atom is 0.388 e. The summed E-state index contributed by atoms with van der Waals surface area (Å²) in [6.07, 6.45) is 7.15. The number of aryl methyl sites for hydroxylation is 1. The van der Waals surface area contributed by atoms with Gasteiger partial charge in [-0.25, -0.2) is 4.79 Å². The number of hydrogen-bond acceptors (Lipinski definition) is 4. The average Bonchev–Trinajstić information content (AvgIpc) is 2.92. The predicted octanol–water partition coefficient (Wildman–Crippen LogP) is 2.87. The third-order valence-electron chi connectivity index (χ3n) is 4.47. The van der Waals surface area contributed by atoms with Crippen LogP contribution in [0.15, 0.2) is 12.1 Å². The molecule has 7 heteroatoms. The summed E-state index contributed by atoms with van der Waals surface area (Å²) < 4.78 is 11.3. The smallest absolute Gasteiger partial charge is 0.388 e. The van der Waals surface area contributed by atoms with Crippen molar-refractivity contribution in [3.8, 4) is 24.3 Å². The van der Waals surface area contributed by atoms with Crippen LogP contribution in [-0.4, -0.2) is 53.8 Å². The van der Waals surface area contributed by atoms with E-state index in [0.717, 1.165) is 17.7 Å². The molecule has 2 amide bonds. The molecule has 2 atom stereocenters. The molecule has 1 aromatic rings. The lowest BCUT2D eigenvalue weighted by molar-refractivity contribution is 0.0317. The molecule has 1 fully saturated rings. The molecule has 0 aromatic heterocycles. The van der Waals surface area contributed by atoms with E-state index < -0.39 is 0 Å². The van der Waals surface area contributed by atoms with Crippen LogP contribution in [-0.2, 0) is 4.74 Å². The molecule has 0 radical (unpaired) electrons. The normalized spacial score (nSPS) is 15.9. The molecular formula is C19H24N3O4+. The Balaban J connectivity index is 2.13. The van der Waals surface area contributed by atoms with Gasteiger partial charge in [-0.05, 0) is 32.4 Å². The van der Waals surface area contributed by atoms with Crippen LogP contribution in [0.4, 0.5) is 4.79 Å². The quantitative estimate of drug-likeness (QED) is 0.627. The second kappa shape index (κ2) is 8.46. The number of likely N-dealkylation sites (N-methyl/N-ethyl adjacent to an activating group) is 1. The summed E-state index contributed by atoms with van der Waals surface area (Å²) in [5, 5.41) is 11.6. The van der Waals surface area contributed by atoms with Gasteiger partial charge in [-0.1, -0.05) is 6.42 Å². The van der Waals surface area contributed by atoms with E-state index in [9.17, 15) is 4.79 Å². The van der Waals surface area contributed by atoms with Crippen molar-refractivity contribution >= 4 is 6.03 Å². The van der Waals surface area contributed by atoms with Gasteiger partial charge in [-0.2, -0.15) is 5.21 Å². The van der Waals surface area contributed by atoms with Crippen molar-refractivity contribution in [3.63, 3.8) is 0 Å². The summed E-state index contributed by atoms with van der Waals surface area (Å²) >= 11 is 0. The van der Waals surface area contributed by atoms with E-state index in [1.807, 2.05) is 20.8 Å². The van der Waals surface area contributed by atoms with E-state index >= 15 is 0 Å². The summed E-state index contributed by atoms with van der Waals surface area (Å²) in [5.74, 6) is 0.454. The molecule has 0 unspecified atom stereocenters. The molecule has 1 heterocycles. The SMILES string of the molecule is C#COc1cc(C#[N+]O)cc(C)c1[C@H](C)OC[C@@H](C)N1CCN(C)C1=O. The summed E-state index contributed by atoms with van der Waals surface area (Å²) in [7, 11) is 1.79. The van der Waals surface area contributed by atoms with Crippen molar-refractivity contribution in [3.05, 3.63) is 33.8 Å². The summed E-state index contributed by atoms with van der Waals surface area (Å²) in [5.41, 5.74) is 2.23. The zero-order valence-corrected chi connectivity index (χ0v) is 15.5. The van der Waals surface area contributed by atoms with E-state index in [-0.39, 0.29) is 18.2 Å². The van der Waals surface area contributed by atoms with Crippen molar-refractivity contribution in [1.82, 2.24) is 9.80 Å². The van der Waals surface area contributed by atoms with Gasteiger partial charge in [-0.15, -0.1) is 0 Å². The Morgan fingerprint density at radius 3 is 2.69 bits per heavy atom. The second-order valence-electron chi connectivity index (χ2n) is 6.36. The number of benzene rings is 1. The Bertz CT molecular complexity index is 775. The lowest BCUT2D eigenvalue weighted by Crippen LogP contribution is -2.39. The number of amides is 2. The Morgan fingerprint density at radius 1 is 1.38 bits per heavy atom.